The van der Waals surface area contributed by atoms with Crippen LogP contribution in [0.5, 0.6) is 5.75 Å². The Labute approximate surface area is 112 Å². The van der Waals surface area contributed by atoms with Crippen molar-refractivity contribution in [2.45, 2.75) is 19.4 Å². The molecule has 1 atom stereocenters. The summed E-state index contributed by atoms with van der Waals surface area (Å²) in [5, 5.41) is 6.37. The van der Waals surface area contributed by atoms with Crippen LogP contribution >= 0.6 is 11.3 Å². The maximum atomic E-state index is 5.66. The predicted octanol–water partition coefficient (Wildman–Crippen LogP) is 3.24. The molecular formula is C14H18N2OS. The number of ether oxygens (including phenoxy) is 1. The minimum atomic E-state index is 0.134. The van der Waals surface area contributed by atoms with Gasteiger partial charge in [0, 0.05) is 11.6 Å². The van der Waals surface area contributed by atoms with E-state index in [0.717, 1.165) is 23.8 Å². The first-order valence-corrected chi connectivity index (χ1v) is 7.02. The van der Waals surface area contributed by atoms with Crippen molar-refractivity contribution in [1.29, 1.82) is 0 Å². The molecule has 0 aliphatic heterocycles. The van der Waals surface area contributed by atoms with E-state index in [1.165, 1.54) is 5.56 Å². The molecule has 96 valence electrons. The third kappa shape index (κ3) is 3.09. The van der Waals surface area contributed by atoms with Gasteiger partial charge in [0.2, 0.25) is 0 Å². The van der Waals surface area contributed by atoms with E-state index >= 15 is 0 Å². The number of nitrogens with one attached hydrogen (secondary N) is 1. The van der Waals surface area contributed by atoms with Gasteiger partial charge in [0.15, 0.2) is 0 Å². The number of thiazole rings is 1. The van der Waals surface area contributed by atoms with E-state index in [4.69, 9.17) is 4.74 Å². The van der Waals surface area contributed by atoms with Crippen LogP contribution < -0.4 is 10.1 Å². The molecule has 1 unspecified atom stereocenters. The molecule has 1 aromatic heterocycles. The van der Waals surface area contributed by atoms with E-state index in [0.29, 0.717) is 0 Å². The van der Waals surface area contributed by atoms with E-state index in [-0.39, 0.29) is 6.04 Å². The fourth-order valence-corrected chi connectivity index (χ4v) is 2.59. The summed E-state index contributed by atoms with van der Waals surface area (Å²) in [6, 6.07) is 8.33. The van der Waals surface area contributed by atoms with E-state index in [1.807, 2.05) is 30.8 Å². The molecule has 1 aromatic carbocycles. The van der Waals surface area contributed by atoms with Crippen molar-refractivity contribution in [1.82, 2.24) is 10.3 Å². The lowest BCUT2D eigenvalue weighted by Crippen LogP contribution is -2.17. The highest BCUT2D eigenvalue weighted by atomic mass is 32.1. The zero-order chi connectivity index (χ0) is 12.8. The van der Waals surface area contributed by atoms with Gasteiger partial charge in [0.1, 0.15) is 10.8 Å². The summed E-state index contributed by atoms with van der Waals surface area (Å²) in [5.74, 6) is 0.922. The average molecular weight is 262 g/mol. The highest BCUT2D eigenvalue weighted by molar-refractivity contribution is 7.09. The zero-order valence-corrected chi connectivity index (χ0v) is 11.5. The normalized spacial score (nSPS) is 12.3. The molecule has 0 bridgehead atoms. The maximum Gasteiger partial charge on any atom is 0.119 e. The van der Waals surface area contributed by atoms with Crippen molar-refractivity contribution in [3.63, 3.8) is 0 Å². The standard InChI is InChI=1S/C14H18N2OS/c1-3-8-17-12-6-4-5-11(10-12)13(15-2)14-16-7-9-18-14/h4-7,9-10,13,15H,3,8H2,1-2H3. The van der Waals surface area contributed by atoms with Crippen LogP contribution in [-0.2, 0) is 0 Å². The third-order valence-corrected chi connectivity index (χ3v) is 3.49. The summed E-state index contributed by atoms with van der Waals surface area (Å²) >= 11 is 1.66. The number of nitrogens with zero attached hydrogens (tertiary/aromatic N) is 1. The van der Waals surface area contributed by atoms with Gasteiger partial charge in [-0.2, -0.15) is 0 Å². The molecule has 4 heteroatoms. The first-order valence-electron chi connectivity index (χ1n) is 6.14. The number of hydrogen-bond donors (Lipinski definition) is 1. The van der Waals surface area contributed by atoms with Crippen LogP contribution in [0.2, 0.25) is 0 Å². The number of aromatic nitrogens is 1. The molecule has 0 radical (unpaired) electrons. The van der Waals surface area contributed by atoms with Gasteiger partial charge < -0.3 is 10.1 Å². The molecule has 18 heavy (non-hydrogen) atoms. The Kier molecular flexibility index (Phi) is 4.73. The Balaban J connectivity index is 2.20. The van der Waals surface area contributed by atoms with Gasteiger partial charge in [-0.15, -0.1) is 11.3 Å². The molecule has 0 fully saturated rings. The quantitative estimate of drug-likeness (QED) is 0.867. The summed E-state index contributed by atoms with van der Waals surface area (Å²) in [6.45, 7) is 2.86. The van der Waals surface area contributed by atoms with Crippen LogP contribution in [0, 0.1) is 0 Å². The highest BCUT2D eigenvalue weighted by Gasteiger charge is 2.14. The molecule has 0 aliphatic rings. The van der Waals surface area contributed by atoms with E-state index in [2.05, 4.69) is 29.4 Å². The number of benzene rings is 1. The molecule has 0 saturated carbocycles. The summed E-state index contributed by atoms with van der Waals surface area (Å²) in [7, 11) is 1.95. The maximum absolute atomic E-state index is 5.66. The lowest BCUT2D eigenvalue weighted by Gasteiger charge is -2.15. The van der Waals surface area contributed by atoms with Crippen molar-refractivity contribution in [2.24, 2.45) is 0 Å². The van der Waals surface area contributed by atoms with Gasteiger partial charge in [0.25, 0.3) is 0 Å². The van der Waals surface area contributed by atoms with Crippen molar-refractivity contribution in [2.75, 3.05) is 13.7 Å². The molecule has 0 aliphatic carbocycles. The average Bonchev–Trinajstić information content (AvgIpc) is 2.92. The second kappa shape index (κ2) is 6.52. The molecule has 0 saturated heterocycles. The van der Waals surface area contributed by atoms with Crippen LogP contribution in [0.25, 0.3) is 0 Å². The largest absolute Gasteiger partial charge is 0.494 e. The molecule has 0 spiro atoms. The predicted molar refractivity (Wildman–Crippen MR) is 75.2 cm³/mol. The van der Waals surface area contributed by atoms with Gasteiger partial charge in [0.05, 0.1) is 12.6 Å². The van der Waals surface area contributed by atoms with Gasteiger partial charge in [-0.3, -0.25) is 0 Å². The fraction of sp³-hybridized carbons (Fsp3) is 0.357. The summed E-state index contributed by atoms with van der Waals surface area (Å²) in [4.78, 5) is 4.37. The topological polar surface area (TPSA) is 34.1 Å². The Morgan fingerprint density at radius 2 is 2.33 bits per heavy atom. The van der Waals surface area contributed by atoms with Crippen molar-refractivity contribution < 1.29 is 4.74 Å². The summed E-state index contributed by atoms with van der Waals surface area (Å²) in [5.41, 5.74) is 1.18. The Morgan fingerprint density at radius 1 is 1.44 bits per heavy atom. The lowest BCUT2D eigenvalue weighted by atomic mass is 10.1. The smallest absolute Gasteiger partial charge is 0.119 e. The van der Waals surface area contributed by atoms with Gasteiger partial charge >= 0.3 is 0 Å². The van der Waals surface area contributed by atoms with Crippen molar-refractivity contribution in [3.8, 4) is 5.75 Å². The lowest BCUT2D eigenvalue weighted by molar-refractivity contribution is 0.317. The summed E-state index contributed by atoms with van der Waals surface area (Å²) < 4.78 is 5.66. The Hall–Kier alpha value is -1.39. The first-order chi connectivity index (χ1) is 8.85. The molecular weight excluding hydrogens is 244 g/mol. The van der Waals surface area contributed by atoms with E-state index in [9.17, 15) is 0 Å². The Morgan fingerprint density at radius 3 is 3.00 bits per heavy atom. The SMILES string of the molecule is CCCOc1cccc(C(NC)c2nccs2)c1. The van der Waals surface area contributed by atoms with Gasteiger partial charge in [-0.25, -0.2) is 4.98 Å². The van der Waals surface area contributed by atoms with E-state index in [1.54, 1.807) is 11.3 Å². The molecule has 3 nitrogen and oxygen atoms in total. The Bertz CT molecular complexity index is 470. The highest BCUT2D eigenvalue weighted by Crippen LogP contribution is 2.26. The minimum Gasteiger partial charge on any atom is -0.494 e. The number of rotatable bonds is 6. The second-order valence-corrected chi connectivity index (χ2v) is 4.94. The molecule has 2 rings (SSSR count). The fourth-order valence-electron chi connectivity index (χ4n) is 1.81. The zero-order valence-electron chi connectivity index (χ0n) is 10.7. The molecule has 1 N–H and O–H groups in total. The van der Waals surface area contributed by atoms with Crippen LogP contribution in [0.3, 0.4) is 0 Å². The minimum absolute atomic E-state index is 0.134. The van der Waals surface area contributed by atoms with Crippen LogP contribution in [-0.4, -0.2) is 18.6 Å². The molecule has 2 aromatic rings. The van der Waals surface area contributed by atoms with Crippen molar-refractivity contribution in [3.05, 3.63) is 46.4 Å². The summed E-state index contributed by atoms with van der Waals surface area (Å²) in [6.07, 6.45) is 2.86. The monoisotopic (exact) mass is 262 g/mol. The van der Waals surface area contributed by atoms with Gasteiger partial charge in [-0.1, -0.05) is 19.1 Å². The van der Waals surface area contributed by atoms with Crippen LogP contribution in [0.15, 0.2) is 35.8 Å². The molecule has 0 amide bonds. The van der Waals surface area contributed by atoms with Crippen LogP contribution in [0.1, 0.15) is 30.0 Å². The molecule has 1 heterocycles. The number of hydrogen-bond acceptors (Lipinski definition) is 4. The van der Waals surface area contributed by atoms with Crippen LogP contribution in [0.4, 0.5) is 0 Å². The second-order valence-electron chi connectivity index (χ2n) is 4.01. The van der Waals surface area contributed by atoms with E-state index < -0.39 is 0 Å². The van der Waals surface area contributed by atoms with Crippen molar-refractivity contribution >= 4 is 11.3 Å². The first kappa shape index (κ1) is 13.1. The van der Waals surface area contributed by atoms with Gasteiger partial charge in [-0.05, 0) is 31.2 Å². The third-order valence-electron chi connectivity index (χ3n) is 2.65.